The number of amides is 1. The van der Waals surface area contributed by atoms with E-state index in [0.29, 0.717) is 16.1 Å². The topological polar surface area (TPSA) is 77.6 Å². The van der Waals surface area contributed by atoms with Crippen LogP contribution in [0.5, 0.6) is 0 Å². The van der Waals surface area contributed by atoms with E-state index in [4.69, 9.17) is 0 Å². The number of anilines is 1. The van der Waals surface area contributed by atoms with Crippen LogP contribution in [0.15, 0.2) is 65.5 Å². The fourth-order valence-corrected chi connectivity index (χ4v) is 3.75. The fraction of sp³-hybridized carbons (Fsp3) is 0.111. The maximum Gasteiger partial charge on any atom is 0.236 e. The van der Waals surface area contributed by atoms with Crippen LogP contribution in [0.2, 0.25) is 0 Å². The first kappa shape index (κ1) is 17.5. The van der Waals surface area contributed by atoms with Crippen molar-refractivity contribution < 1.29 is 4.79 Å². The molecule has 0 unspecified atom stereocenters. The summed E-state index contributed by atoms with van der Waals surface area (Å²) in [6.45, 7) is 2.04. The van der Waals surface area contributed by atoms with Gasteiger partial charge in [0.25, 0.3) is 0 Å². The molecule has 0 radical (unpaired) electrons. The highest BCUT2D eigenvalue weighted by molar-refractivity contribution is 7.99. The average molecular weight is 397 g/mol. The van der Waals surface area contributed by atoms with Crippen molar-refractivity contribution in [3.05, 3.63) is 65.9 Å². The van der Waals surface area contributed by atoms with E-state index >= 15 is 0 Å². The second-order valence-electron chi connectivity index (χ2n) is 5.72. The minimum atomic E-state index is -0.131. The number of carbonyl (C=O) groups is 1. The molecule has 4 rings (SSSR count). The number of thiazole rings is 1. The van der Waals surface area contributed by atoms with E-state index in [0.717, 1.165) is 5.56 Å². The fourth-order valence-electron chi connectivity index (χ4n) is 2.48. The Morgan fingerprint density at radius 3 is 2.67 bits per heavy atom. The number of rotatable bonds is 6. The van der Waals surface area contributed by atoms with Crippen LogP contribution in [0.3, 0.4) is 0 Å². The van der Waals surface area contributed by atoms with Gasteiger partial charge in [-0.3, -0.25) is 9.47 Å². The molecule has 1 amide bonds. The van der Waals surface area contributed by atoms with E-state index in [1.807, 2.05) is 70.4 Å². The number of nitrogens with zero attached hydrogens (tertiary/aromatic N) is 5. The number of aromatic nitrogens is 5. The molecule has 1 aromatic carbocycles. The number of hydrogen-bond donors (Lipinski definition) is 1. The first-order valence-corrected chi connectivity index (χ1v) is 10.1. The predicted octanol–water partition coefficient (Wildman–Crippen LogP) is 3.55. The summed E-state index contributed by atoms with van der Waals surface area (Å²) in [6.07, 6.45) is 5.49. The summed E-state index contributed by atoms with van der Waals surface area (Å²) in [4.78, 5) is 16.2. The molecule has 7 nitrogen and oxygen atoms in total. The van der Waals surface area contributed by atoms with Gasteiger partial charge >= 0.3 is 0 Å². The Kier molecular flexibility index (Phi) is 5.03. The molecule has 3 heterocycles. The van der Waals surface area contributed by atoms with Gasteiger partial charge in [0.2, 0.25) is 11.1 Å². The molecule has 4 aromatic rings. The van der Waals surface area contributed by atoms with Gasteiger partial charge in [-0.05, 0) is 19.1 Å². The summed E-state index contributed by atoms with van der Waals surface area (Å²) < 4.78 is 3.79. The monoisotopic (exact) mass is 396 g/mol. The summed E-state index contributed by atoms with van der Waals surface area (Å²) in [6, 6.07) is 12.0. The lowest BCUT2D eigenvalue weighted by atomic mass is 10.1. The predicted molar refractivity (Wildman–Crippen MR) is 107 cm³/mol. The molecular formula is C18H16N6OS2. The van der Waals surface area contributed by atoms with Gasteiger partial charge in [-0.1, -0.05) is 41.6 Å². The summed E-state index contributed by atoms with van der Waals surface area (Å²) in [5.74, 6) is 0.801. The molecule has 3 aromatic heterocycles. The molecule has 0 spiro atoms. The van der Waals surface area contributed by atoms with Gasteiger partial charge < -0.3 is 5.32 Å². The molecule has 1 N–H and O–H groups in total. The molecule has 0 bridgehead atoms. The van der Waals surface area contributed by atoms with Gasteiger partial charge in [0.15, 0.2) is 11.0 Å². The van der Waals surface area contributed by atoms with E-state index < -0.39 is 0 Å². The Balaban J connectivity index is 1.59. The minimum absolute atomic E-state index is 0.131. The van der Waals surface area contributed by atoms with Crippen molar-refractivity contribution >= 4 is 34.1 Å². The largest absolute Gasteiger partial charge is 0.301 e. The molecular weight excluding hydrogens is 380 g/mol. The van der Waals surface area contributed by atoms with Crippen molar-refractivity contribution in [1.29, 1.82) is 0 Å². The maximum absolute atomic E-state index is 12.2. The maximum atomic E-state index is 12.2. The summed E-state index contributed by atoms with van der Waals surface area (Å²) in [5, 5.41) is 14.5. The Morgan fingerprint density at radius 1 is 1.19 bits per heavy atom. The molecule has 9 heteroatoms. The van der Waals surface area contributed by atoms with Crippen LogP contribution in [0.4, 0.5) is 5.13 Å². The van der Waals surface area contributed by atoms with E-state index in [-0.39, 0.29) is 11.7 Å². The SMILES string of the molecule is Cc1ccc(-c2nnc(SCC(=O)Nc3nccs3)n2-n2cccc2)cc1. The van der Waals surface area contributed by atoms with Crippen molar-refractivity contribution in [2.45, 2.75) is 12.1 Å². The summed E-state index contributed by atoms with van der Waals surface area (Å²) >= 11 is 2.71. The van der Waals surface area contributed by atoms with Crippen molar-refractivity contribution in [1.82, 2.24) is 24.5 Å². The zero-order valence-electron chi connectivity index (χ0n) is 14.4. The molecule has 0 aliphatic carbocycles. The van der Waals surface area contributed by atoms with Crippen LogP contribution in [-0.2, 0) is 4.79 Å². The summed E-state index contributed by atoms with van der Waals surface area (Å²) in [7, 11) is 0. The van der Waals surface area contributed by atoms with E-state index in [1.165, 1.54) is 28.7 Å². The highest BCUT2D eigenvalue weighted by Crippen LogP contribution is 2.25. The molecule has 0 fully saturated rings. The Bertz CT molecular complexity index is 1020. The third kappa shape index (κ3) is 3.93. The van der Waals surface area contributed by atoms with Crippen LogP contribution in [0.25, 0.3) is 11.4 Å². The lowest BCUT2D eigenvalue weighted by Crippen LogP contribution is -2.15. The number of thioether (sulfide) groups is 1. The second kappa shape index (κ2) is 7.77. The standard InChI is InChI=1S/C18H16N6OS2/c1-13-4-6-14(7-5-13)16-21-22-18(24(16)23-9-2-3-10-23)27-12-15(25)20-17-19-8-11-26-17/h2-11H,12H2,1H3,(H,19,20,25). The lowest BCUT2D eigenvalue weighted by Gasteiger charge is -2.11. The van der Waals surface area contributed by atoms with E-state index in [9.17, 15) is 4.79 Å². The number of hydrogen-bond acceptors (Lipinski definition) is 6. The Morgan fingerprint density at radius 2 is 1.96 bits per heavy atom. The Hall–Kier alpha value is -2.91. The first-order valence-electron chi connectivity index (χ1n) is 8.19. The molecule has 0 aliphatic rings. The first-order chi connectivity index (χ1) is 13.2. The lowest BCUT2D eigenvalue weighted by molar-refractivity contribution is -0.113. The smallest absolute Gasteiger partial charge is 0.236 e. The number of carbonyl (C=O) groups excluding carboxylic acids is 1. The van der Waals surface area contributed by atoms with Crippen LogP contribution < -0.4 is 5.32 Å². The van der Waals surface area contributed by atoms with Gasteiger partial charge in [0.1, 0.15) is 0 Å². The minimum Gasteiger partial charge on any atom is -0.301 e. The quantitative estimate of drug-likeness (QED) is 0.504. The van der Waals surface area contributed by atoms with E-state index in [1.54, 1.807) is 6.20 Å². The molecule has 27 heavy (non-hydrogen) atoms. The van der Waals surface area contributed by atoms with Crippen LogP contribution in [-0.4, -0.2) is 36.2 Å². The third-order valence-electron chi connectivity index (χ3n) is 3.75. The highest BCUT2D eigenvalue weighted by atomic mass is 32.2. The number of nitrogens with one attached hydrogen (secondary N) is 1. The van der Waals surface area contributed by atoms with Crippen molar-refractivity contribution in [3.63, 3.8) is 0 Å². The van der Waals surface area contributed by atoms with Gasteiger partial charge in [-0.2, -0.15) is 0 Å². The van der Waals surface area contributed by atoms with Gasteiger partial charge in [-0.25, -0.2) is 9.66 Å². The molecule has 136 valence electrons. The molecule has 0 aliphatic heterocycles. The van der Waals surface area contributed by atoms with E-state index in [2.05, 4.69) is 20.5 Å². The zero-order chi connectivity index (χ0) is 18.6. The highest BCUT2D eigenvalue weighted by Gasteiger charge is 2.17. The van der Waals surface area contributed by atoms with Gasteiger partial charge in [0.05, 0.1) is 5.75 Å². The number of benzene rings is 1. The van der Waals surface area contributed by atoms with Crippen LogP contribution in [0, 0.1) is 6.92 Å². The average Bonchev–Trinajstić information content (AvgIpc) is 3.42. The molecule has 0 saturated heterocycles. The Labute approximate surface area is 164 Å². The second-order valence-corrected chi connectivity index (χ2v) is 7.56. The number of aryl methyl sites for hydroxylation is 1. The van der Waals surface area contributed by atoms with Crippen LogP contribution in [0.1, 0.15) is 5.56 Å². The third-order valence-corrected chi connectivity index (χ3v) is 5.36. The molecule has 0 saturated carbocycles. The van der Waals surface area contributed by atoms with Crippen molar-refractivity contribution in [2.24, 2.45) is 0 Å². The summed E-state index contributed by atoms with van der Waals surface area (Å²) in [5.41, 5.74) is 2.14. The van der Waals surface area contributed by atoms with Crippen LogP contribution >= 0.6 is 23.1 Å². The molecule has 0 atom stereocenters. The zero-order valence-corrected chi connectivity index (χ0v) is 16.1. The normalized spacial score (nSPS) is 10.9. The van der Waals surface area contributed by atoms with Crippen molar-refractivity contribution in [2.75, 3.05) is 11.1 Å². The van der Waals surface area contributed by atoms with Gasteiger partial charge in [-0.15, -0.1) is 21.5 Å². The van der Waals surface area contributed by atoms with Gasteiger partial charge in [0, 0.05) is 29.5 Å². The van der Waals surface area contributed by atoms with Crippen molar-refractivity contribution in [3.8, 4) is 11.4 Å².